The van der Waals surface area contributed by atoms with Crippen LogP contribution in [-0.4, -0.2) is 9.97 Å². The molecule has 0 aliphatic heterocycles. The van der Waals surface area contributed by atoms with Gasteiger partial charge in [-0.05, 0) is 36.8 Å². The van der Waals surface area contributed by atoms with Gasteiger partial charge in [-0.2, -0.15) is 0 Å². The molecule has 0 saturated carbocycles. The highest BCUT2D eigenvalue weighted by atomic mass is 32.1. The molecule has 0 spiro atoms. The molecule has 1 aromatic carbocycles. The molecule has 0 aliphatic rings. The first-order valence-corrected chi connectivity index (χ1v) is 7.28. The fraction of sp³-hybridized carbons (Fsp3) is 0.200. The van der Waals surface area contributed by atoms with Gasteiger partial charge in [-0.15, -0.1) is 11.3 Å². The number of thiazole rings is 1. The monoisotopic (exact) mass is 287 g/mol. The third-order valence-electron chi connectivity index (χ3n) is 3.21. The van der Waals surface area contributed by atoms with E-state index in [4.69, 9.17) is 0 Å². The topological polar surface area (TPSA) is 37.8 Å². The largest absolute Gasteiger partial charge is 0.305 e. The zero-order chi connectivity index (χ0) is 13.9. The minimum atomic E-state index is -0.273. The molecule has 1 atom stereocenters. The van der Waals surface area contributed by atoms with Crippen LogP contribution in [0.2, 0.25) is 0 Å². The van der Waals surface area contributed by atoms with E-state index in [1.165, 1.54) is 10.8 Å². The van der Waals surface area contributed by atoms with Crippen molar-refractivity contribution in [3.05, 3.63) is 59.1 Å². The number of hydrogen-bond acceptors (Lipinski definition) is 4. The second-order valence-electron chi connectivity index (χ2n) is 4.63. The molecule has 5 heteroatoms. The smallest absolute Gasteiger partial charge is 0.146 e. The quantitative estimate of drug-likeness (QED) is 0.795. The molecule has 3 aromatic rings. The lowest BCUT2D eigenvalue weighted by molar-refractivity contribution is 0.512. The summed E-state index contributed by atoms with van der Waals surface area (Å²) in [5, 5.41) is 3.29. The van der Waals surface area contributed by atoms with Crippen LogP contribution in [0.1, 0.15) is 24.2 Å². The van der Waals surface area contributed by atoms with Gasteiger partial charge in [0.2, 0.25) is 0 Å². The van der Waals surface area contributed by atoms with Crippen LogP contribution in [0.3, 0.4) is 0 Å². The molecule has 0 radical (unpaired) electrons. The molecular formula is C15H14FN3S. The number of rotatable bonds is 4. The molecule has 1 unspecified atom stereocenters. The van der Waals surface area contributed by atoms with Crippen molar-refractivity contribution in [3.63, 3.8) is 0 Å². The number of aromatic nitrogens is 2. The second-order valence-corrected chi connectivity index (χ2v) is 5.51. The molecule has 0 amide bonds. The lowest BCUT2D eigenvalue weighted by Crippen LogP contribution is -2.20. The van der Waals surface area contributed by atoms with Crippen molar-refractivity contribution in [3.8, 4) is 0 Å². The van der Waals surface area contributed by atoms with Crippen LogP contribution >= 0.6 is 11.3 Å². The summed E-state index contributed by atoms with van der Waals surface area (Å²) in [5.41, 5.74) is 4.46. The summed E-state index contributed by atoms with van der Waals surface area (Å²) < 4.78 is 14.8. The third-order valence-corrected chi connectivity index (χ3v) is 4.00. The molecule has 2 heterocycles. The van der Waals surface area contributed by atoms with E-state index >= 15 is 0 Å². The van der Waals surface area contributed by atoms with E-state index < -0.39 is 0 Å². The number of fused-ring (bicyclic) bond motifs is 1. The van der Waals surface area contributed by atoms with Gasteiger partial charge >= 0.3 is 0 Å². The van der Waals surface area contributed by atoms with Crippen molar-refractivity contribution >= 4 is 21.6 Å². The fourth-order valence-electron chi connectivity index (χ4n) is 2.09. The molecule has 0 saturated heterocycles. The van der Waals surface area contributed by atoms with Gasteiger partial charge < -0.3 is 5.32 Å². The summed E-state index contributed by atoms with van der Waals surface area (Å²) in [7, 11) is 0. The molecule has 2 aromatic heterocycles. The average molecular weight is 287 g/mol. The Bertz CT molecular complexity index is 726. The van der Waals surface area contributed by atoms with Gasteiger partial charge in [0.25, 0.3) is 0 Å². The first kappa shape index (κ1) is 13.1. The molecule has 20 heavy (non-hydrogen) atoms. The Hall–Kier alpha value is -1.85. The first-order chi connectivity index (χ1) is 9.74. The lowest BCUT2D eigenvalue weighted by Gasteiger charge is -2.13. The maximum Gasteiger partial charge on any atom is 0.146 e. The van der Waals surface area contributed by atoms with Crippen LogP contribution in [0.5, 0.6) is 0 Å². The summed E-state index contributed by atoms with van der Waals surface area (Å²) in [4.78, 5) is 8.34. The lowest BCUT2D eigenvalue weighted by atomic mass is 10.1. The number of hydrogen-bond donors (Lipinski definition) is 1. The Kier molecular flexibility index (Phi) is 3.71. The number of halogens is 1. The van der Waals surface area contributed by atoms with E-state index in [1.807, 2.05) is 24.6 Å². The van der Waals surface area contributed by atoms with Gasteiger partial charge in [0.15, 0.2) is 0 Å². The minimum absolute atomic E-state index is 0.131. The molecule has 0 aliphatic carbocycles. The highest BCUT2D eigenvalue weighted by Crippen LogP contribution is 2.20. The zero-order valence-electron chi connectivity index (χ0n) is 11.0. The third kappa shape index (κ3) is 2.69. The molecule has 3 rings (SSSR count). The van der Waals surface area contributed by atoms with Crippen LogP contribution in [-0.2, 0) is 6.54 Å². The van der Waals surface area contributed by atoms with Crippen molar-refractivity contribution < 1.29 is 4.39 Å². The molecule has 3 nitrogen and oxygen atoms in total. The van der Waals surface area contributed by atoms with Gasteiger partial charge in [0.05, 0.1) is 21.4 Å². The normalized spacial score (nSPS) is 12.7. The standard InChI is InChI=1S/C15H14FN3S/c1-10(15-12(16)3-2-6-17-15)18-8-11-4-5-13-14(7-11)20-9-19-13/h2-7,9-10,18H,8H2,1H3. The molecule has 1 N–H and O–H groups in total. The average Bonchev–Trinajstić information content (AvgIpc) is 2.92. The summed E-state index contributed by atoms with van der Waals surface area (Å²) >= 11 is 1.62. The van der Waals surface area contributed by atoms with E-state index in [9.17, 15) is 4.39 Å². The van der Waals surface area contributed by atoms with Gasteiger partial charge in [0, 0.05) is 18.8 Å². The van der Waals surface area contributed by atoms with Gasteiger partial charge in [-0.25, -0.2) is 9.37 Å². The minimum Gasteiger partial charge on any atom is -0.305 e. The molecule has 0 bridgehead atoms. The van der Waals surface area contributed by atoms with Crippen molar-refractivity contribution in [2.24, 2.45) is 0 Å². The Balaban J connectivity index is 1.71. The SMILES string of the molecule is CC(NCc1ccc2ncsc2c1)c1ncccc1F. The highest BCUT2D eigenvalue weighted by molar-refractivity contribution is 7.16. The van der Waals surface area contributed by atoms with Crippen molar-refractivity contribution in [1.82, 2.24) is 15.3 Å². The fourth-order valence-corrected chi connectivity index (χ4v) is 2.83. The van der Waals surface area contributed by atoms with Crippen molar-refractivity contribution in [1.29, 1.82) is 0 Å². The second kappa shape index (κ2) is 5.64. The summed E-state index contributed by atoms with van der Waals surface area (Å²) in [5.74, 6) is -0.273. The van der Waals surface area contributed by atoms with E-state index in [1.54, 1.807) is 23.6 Å². The number of benzene rings is 1. The summed E-state index contributed by atoms with van der Waals surface area (Å²) in [6.07, 6.45) is 1.61. The Morgan fingerprint density at radius 1 is 1.30 bits per heavy atom. The predicted octanol–water partition coefficient (Wildman–Crippen LogP) is 3.68. The predicted molar refractivity (Wildman–Crippen MR) is 79.1 cm³/mol. The van der Waals surface area contributed by atoms with E-state index in [-0.39, 0.29) is 11.9 Å². The van der Waals surface area contributed by atoms with E-state index in [0.29, 0.717) is 12.2 Å². The highest BCUT2D eigenvalue weighted by Gasteiger charge is 2.11. The zero-order valence-corrected chi connectivity index (χ0v) is 11.8. The number of nitrogens with one attached hydrogen (secondary N) is 1. The number of pyridine rings is 1. The van der Waals surface area contributed by atoms with Crippen LogP contribution in [0.25, 0.3) is 10.2 Å². The first-order valence-electron chi connectivity index (χ1n) is 6.40. The maximum absolute atomic E-state index is 13.6. The van der Waals surface area contributed by atoms with Gasteiger partial charge in [0.1, 0.15) is 5.82 Å². The van der Waals surface area contributed by atoms with Crippen LogP contribution < -0.4 is 5.32 Å². The van der Waals surface area contributed by atoms with Crippen LogP contribution in [0.4, 0.5) is 4.39 Å². The van der Waals surface area contributed by atoms with Crippen molar-refractivity contribution in [2.45, 2.75) is 19.5 Å². The molecule has 102 valence electrons. The van der Waals surface area contributed by atoms with Crippen LogP contribution in [0, 0.1) is 5.82 Å². The van der Waals surface area contributed by atoms with E-state index in [0.717, 1.165) is 11.1 Å². The summed E-state index contributed by atoms with van der Waals surface area (Å²) in [6.45, 7) is 2.58. The summed E-state index contributed by atoms with van der Waals surface area (Å²) in [6, 6.07) is 9.06. The van der Waals surface area contributed by atoms with E-state index in [2.05, 4.69) is 21.4 Å². The number of nitrogens with zero attached hydrogens (tertiary/aromatic N) is 2. The molecular weight excluding hydrogens is 273 g/mol. The Labute approximate surface area is 120 Å². The maximum atomic E-state index is 13.6. The van der Waals surface area contributed by atoms with Gasteiger partial charge in [-0.3, -0.25) is 4.98 Å². The van der Waals surface area contributed by atoms with Gasteiger partial charge in [-0.1, -0.05) is 6.07 Å². The van der Waals surface area contributed by atoms with Crippen LogP contribution in [0.15, 0.2) is 42.0 Å². The van der Waals surface area contributed by atoms with Crippen molar-refractivity contribution in [2.75, 3.05) is 0 Å². The molecule has 0 fully saturated rings. The Morgan fingerprint density at radius 2 is 2.20 bits per heavy atom. The Morgan fingerprint density at radius 3 is 3.05 bits per heavy atom.